The molecule has 2 aromatic heterocycles. The fourth-order valence-corrected chi connectivity index (χ4v) is 5.63. The number of hydrogen-bond donors (Lipinski definition) is 0. The first-order chi connectivity index (χ1) is 10.6. The second-order valence-electron chi connectivity index (χ2n) is 5.23. The van der Waals surface area contributed by atoms with E-state index in [1.807, 2.05) is 55.5 Å². The highest BCUT2D eigenvalue weighted by molar-refractivity contribution is 7.92. The molecule has 0 unspecified atom stereocenters. The van der Waals surface area contributed by atoms with Crippen LogP contribution in [-0.4, -0.2) is 12.4 Å². The maximum absolute atomic E-state index is 13.0. The van der Waals surface area contributed by atoms with E-state index in [1.54, 1.807) is 12.3 Å². The fraction of sp³-hybridized carbons (Fsp3) is 0.0588. The SMILES string of the molecule is Cc1cccc2ccn(S(=O)(=O)c3cc4ccccc4s3)c12. The Hall–Kier alpha value is -2.11. The Morgan fingerprint density at radius 3 is 2.55 bits per heavy atom. The highest BCUT2D eigenvalue weighted by Gasteiger charge is 2.22. The minimum Gasteiger partial charge on any atom is -0.240 e. The number of aromatic nitrogens is 1. The van der Waals surface area contributed by atoms with Crippen molar-refractivity contribution in [1.29, 1.82) is 0 Å². The van der Waals surface area contributed by atoms with Gasteiger partial charge < -0.3 is 0 Å². The van der Waals surface area contributed by atoms with E-state index < -0.39 is 10.0 Å². The van der Waals surface area contributed by atoms with Gasteiger partial charge in [0.1, 0.15) is 4.21 Å². The van der Waals surface area contributed by atoms with Gasteiger partial charge in [0.25, 0.3) is 10.0 Å². The molecule has 0 fully saturated rings. The van der Waals surface area contributed by atoms with Gasteiger partial charge in [0.05, 0.1) is 5.52 Å². The van der Waals surface area contributed by atoms with Gasteiger partial charge in [-0.2, -0.15) is 8.42 Å². The van der Waals surface area contributed by atoms with Gasteiger partial charge in [0.2, 0.25) is 0 Å². The maximum atomic E-state index is 13.0. The average Bonchev–Trinajstić information content (AvgIpc) is 3.12. The van der Waals surface area contributed by atoms with Gasteiger partial charge >= 0.3 is 0 Å². The van der Waals surface area contributed by atoms with Gasteiger partial charge in [0.15, 0.2) is 0 Å². The van der Waals surface area contributed by atoms with Crippen molar-refractivity contribution in [2.45, 2.75) is 11.1 Å². The third kappa shape index (κ3) is 1.90. The zero-order valence-electron chi connectivity index (χ0n) is 11.9. The number of rotatable bonds is 2. The predicted molar refractivity (Wildman–Crippen MR) is 91.1 cm³/mol. The van der Waals surface area contributed by atoms with E-state index >= 15 is 0 Å². The van der Waals surface area contributed by atoms with Crippen LogP contribution in [0, 0.1) is 6.92 Å². The molecule has 4 aromatic rings. The Bertz CT molecular complexity index is 1070. The molecule has 0 saturated carbocycles. The molecule has 0 aliphatic rings. The van der Waals surface area contributed by atoms with Gasteiger partial charge in [0, 0.05) is 16.3 Å². The number of para-hydroxylation sites is 1. The molecule has 2 heterocycles. The molecule has 4 rings (SSSR count). The molecule has 0 spiro atoms. The summed E-state index contributed by atoms with van der Waals surface area (Å²) in [6.45, 7) is 1.93. The topological polar surface area (TPSA) is 39.1 Å². The van der Waals surface area contributed by atoms with Gasteiger partial charge in [-0.25, -0.2) is 3.97 Å². The largest absolute Gasteiger partial charge is 0.277 e. The summed E-state index contributed by atoms with van der Waals surface area (Å²) in [4.78, 5) is 0. The van der Waals surface area contributed by atoms with E-state index in [0.717, 1.165) is 26.6 Å². The van der Waals surface area contributed by atoms with Crippen LogP contribution in [0.1, 0.15) is 5.56 Å². The Balaban J connectivity index is 2.00. The highest BCUT2D eigenvalue weighted by Crippen LogP contribution is 2.32. The van der Waals surface area contributed by atoms with Crippen molar-refractivity contribution >= 4 is 42.3 Å². The summed E-state index contributed by atoms with van der Waals surface area (Å²) >= 11 is 1.31. The van der Waals surface area contributed by atoms with Gasteiger partial charge in [-0.15, -0.1) is 11.3 Å². The van der Waals surface area contributed by atoms with Crippen LogP contribution in [0.3, 0.4) is 0 Å². The fourth-order valence-electron chi connectivity index (χ4n) is 2.72. The standard InChI is InChI=1S/C17H13NO2S2/c1-12-5-4-7-13-9-10-18(17(12)13)22(19,20)16-11-14-6-2-3-8-15(14)21-16/h2-11H,1H3. The number of thiophene rings is 1. The third-order valence-corrected chi connectivity index (χ3v) is 7.04. The Kier molecular flexibility index (Phi) is 2.89. The highest BCUT2D eigenvalue weighted by atomic mass is 32.2. The van der Waals surface area contributed by atoms with Crippen molar-refractivity contribution in [3.8, 4) is 0 Å². The zero-order chi connectivity index (χ0) is 15.3. The summed E-state index contributed by atoms with van der Waals surface area (Å²) in [5, 5.41) is 1.89. The first kappa shape index (κ1) is 13.5. The van der Waals surface area contributed by atoms with Crippen LogP contribution < -0.4 is 0 Å². The molecule has 5 heteroatoms. The van der Waals surface area contributed by atoms with Crippen LogP contribution in [-0.2, 0) is 10.0 Å². The normalized spacial score (nSPS) is 12.2. The molecule has 0 amide bonds. The second kappa shape index (κ2) is 4.69. The summed E-state index contributed by atoms with van der Waals surface area (Å²) < 4.78 is 28.8. The maximum Gasteiger partial charge on any atom is 0.277 e. The summed E-state index contributed by atoms with van der Waals surface area (Å²) in [6.07, 6.45) is 1.64. The van der Waals surface area contributed by atoms with Crippen molar-refractivity contribution < 1.29 is 8.42 Å². The minimum absolute atomic E-state index is 0.370. The molecular formula is C17H13NO2S2. The van der Waals surface area contributed by atoms with Crippen molar-refractivity contribution in [2.24, 2.45) is 0 Å². The molecule has 2 aromatic carbocycles. The van der Waals surface area contributed by atoms with E-state index in [2.05, 4.69) is 0 Å². The molecule has 0 atom stereocenters. The molecule has 0 radical (unpaired) electrons. The third-order valence-electron chi connectivity index (χ3n) is 3.79. The number of nitrogens with zero attached hydrogens (tertiary/aromatic N) is 1. The Morgan fingerprint density at radius 2 is 1.73 bits per heavy atom. The molecule has 3 nitrogen and oxygen atoms in total. The Labute approximate surface area is 132 Å². The molecule has 0 bridgehead atoms. The van der Waals surface area contributed by atoms with E-state index in [4.69, 9.17) is 0 Å². The minimum atomic E-state index is -3.57. The summed E-state index contributed by atoms with van der Waals surface area (Å²) in [5.74, 6) is 0. The summed E-state index contributed by atoms with van der Waals surface area (Å²) in [5.41, 5.74) is 1.70. The lowest BCUT2D eigenvalue weighted by molar-refractivity contribution is 0.591. The van der Waals surface area contributed by atoms with E-state index in [1.165, 1.54) is 15.3 Å². The molecule has 0 aliphatic heterocycles. The molecule has 0 N–H and O–H groups in total. The van der Waals surface area contributed by atoms with Gasteiger partial charge in [-0.05, 0) is 36.1 Å². The lowest BCUT2D eigenvalue weighted by atomic mass is 10.2. The average molecular weight is 327 g/mol. The van der Waals surface area contributed by atoms with Gasteiger partial charge in [-0.3, -0.25) is 0 Å². The molecule has 0 aliphatic carbocycles. The smallest absolute Gasteiger partial charge is 0.240 e. The van der Waals surface area contributed by atoms with Crippen molar-refractivity contribution in [3.05, 3.63) is 66.4 Å². The molecule has 0 saturated heterocycles. The van der Waals surface area contributed by atoms with Crippen molar-refractivity contribution in [1.82, 2.24) is 3.97 Å². The van der Waals surface area contributed by atoms with Crippen LogP contribution >= 0.6 is 11.3 Å². The van der Waals surface area contributed by atoms with Crippen LogP contribution in [0.25, 0.3) is 21.0 Å². The molecular weight excluding hydrogens is 314 g/mol. The van der Waals surface area contributed by atoms with Crippen LogP contribution in [0.5, 0.6) is 0 Å². The number of hydrogen-bond acceptors (Lipinski definition) is 3. The first-order valence-electron chi connectivity index (χ1n) is 6.88. The number of fused-ring (bicyclic) bond motifs is 2. The molecule has 22 heavy (non-hydrogen) atoms. The van der Waals surface area contributed by atoms with Gasteiger partial charge in [-0.1, -0.05) is 36.4 Å². The first-order valence-corrected chi connectivity index (χ1v) is 9.14. The quantitative estimate of drug-likeness (QED) is 0.547. The van der Waals surface area contributed by atoms with Crippen molar-refractivity contribution in [3.63, 3.8) is 0 Å². The molecule has 110 valence electrons. The number of aryl methyl sites for hydroxylation is 1. The van der Waals surface area contributed by atoms with Crippen LogP contribution in [0.15, 0.2) is 65.0 Å². The number of benzene rings is 2. The van der Waals surface area contributed by atoms with Crippen LogP contribution in [0.4, 0.5) is 0 Å². The monoisotopic (exact) mass is 327 g/mol. The van der Waals surface area contributed by atoms with E-state index in [9.17, 15) is 8.42 Å². The van der Waals surface area contributed by atoms with Crippen molar-refractivity contribution in [2.75, 3.05) is 0 Å². The zero-order valence-corrected chi connectivity index (χ0v) is 13.5. The summed E-state index contributed by atoms with van der Waals surface area (Å²) in [7, 11) is -3.57. The Morgan fingerprint density at radius 1 is 0.955 bits per heavy atom. The van der Waals surface area contributed by atoms with E-state index in [-0.39, 0.29) is 0 Å². The lowest BCUT2D eigenvalue weighted by Crippen LogP contribution is -2.10. The van der Waals surface area contributed by atoms with Crippen LogP contribution in [0.2, 0.25) is 0 Å². The summed E-state index contributed by atoms with van der Waals surface area (Å²) in [6, 6.07) is 17.1. The second-order valence-corrected chi connectivity index (χ2v) is 8.36. The van der Waals surface area contributed by atoms with E-state index in [0.29, 0.717) is 4.21 Å². The predicted octanol–water partition coefficient (Wildman–Crippen LogP) is 4.40. The lowest BCUT2D eigenvalue weighted by Gasteiger charge is -2.07.